The van der Waals surface area contributed by atoms with E-state index in [1.807, 2.05) is 11.4 Å². The molecule has 27 heavy (non-hydrogen) atoms. The van der Waals surface area contributed by atoms with E-state index in [2.05, 4.69) is 34.8 Å². The van der Waals surface area contributed by atoms with Crippen LogP contribution in [0, 0.1) is 11.6 Å². The summed E-state index contributed by atoms with van der Waals surface area (Å²) in [6, 6.07) is 4.59. The Labute approximate surface area is 161 Å². The zero-order valence-electron chi connectivity index (χ0n) is 15.3. The highest BCUT2D eigenvalue weighted by atomic mass is 32.1. The maximum absolute atomic E-state index is 13.2. The number of carbonyl (C=O) groups excluding carboxylic acids is 2. The second kappa shape index (κ2) is 10.1. The molecule has 2 aromatic rings. The van der Waals surface area contributed by atoms with Crippen molar-refractivity contribution in [1.82, 2.24) is 15.5 Å². The summed E-state index contributed by atoms with van der Waals surface area (Å²) in [5, 5.41) is 9.23. The van der Waals surface area contributed by atoms with Gasteiger partial charge in [0.1, 0.15) is 11.6 Å². The van der Waals surface area contributed by atoms with Crippen molar-refractivity contribution < 1.29 is 18.4 Å². The van der Waals surface area contributed by atoms with Crippen molar-refractivity contribution in [2.75, 3.05) is 26.2 Å². The zero-order valence-corrected chi connectivity index (χ0v) is 16.1. The van der Waals surface area contributed by atoms with Gasteiger partial charge in [-0.25, -0.2) is 8.78 Å². The normalized spacial score (nSPS) is 12.0. The number of hydrogen-bond acceptors (Lipinski definition) is 4. The predicted octanol–water partition coefficient (Wildman–Crippen LogP) is 2.96. The number of amides is 2. The molecule has 0 aliphatic rings. The van der Waals surface area contributed by atoms with Crippen LogP contribution in [0.2, 0.25) is 0 Å². The lowest BCUT2D eigenvalue weighted by atomic mass is 10.1. The molecule has 5 nitrogen and oxygen atoms in total. The summed E-state index contributed by atoms with van der Waals surface area (Å²) in [4.78, 5) is 26.3. The molecule has 1 atom stereocenters. The average Bonchev–Trinajstić information content (AvgIpc) is 3.16. The van der Waals surface area contributed by atoms with E-state index >= 15 is 0 Å². The molecule has 0 fully saturated rings. The van der Waals surface area contributed by atoms with Crippen molar-refractivity contribution in [2.24, 2.45) is 0 Å². The van der Waals surface area contributed by atoms with E-state index in [0.717, 1.165) is 30.8 Å². The first kappa shape index (κ1) is 21.0. The fraction of sp³-hybridized carbons (Fsp3) is 0.368. The van der Waals surface area contributed by atoms with Gasteiger partial charge < -0.3 is 10.6 Å². The van der Waals surface area contributed by atoms with Gasteiger partial charge in [-0.1, -0.05) is 13.8 Å². The summed E-state index contributed by atoms with van der Waals surface area (Å²) in [6.45, 7) is 5.93. The van der Waals surface area contributed by atoms with E-state index in [0.29, 0.717) is 12.6 Å². The second-order valence-corrected chi connectivity index (χ2v) is 6.72. The Bertz CT molecular complexity index is 744. The molecule has 2 amide bonds. The van der Waals surface area contributed by atoms with E-state index in [1.165, 1.54) is 0 Å². The van der Waals surface area contributed by atoms with Crippen LogP contribution in [0.5, 0.6) is 0 Å². The lowest BCUT2D eigenvalue weighted by Gasteiger charge is -2.29. The standard InChI is InChI=1S/C19H23F2N3O2S/c1-3-24(4-2)17(13-5-6-27-12-13)10-22-18(25)11-23-19(26)14-7-15(20)9-16(21)8-14/h5-9,12,17H,3-4,10-11H2,1-2H3,(H,22,25)(H,23,26). The van der Waals surface area contributed by atoms with Gasteiger partial charge in [0, 0.05) is 18.2 Å². The highest BCUT2D eigenvalue weighted by Crippen LogP contribution is 2.22. The van der Waals surface area contributed by atoms with Crippen molar-refractivity contribution in [1.29, 1.82) is 0 Å². The molecule has 0 aliphatic heterocycles. The van der Waals surface area contributed by atoms with Crippen LogP contribution >= 0.6 is 11.3 Å². The Hall–Kier alpha value is -2.32. The fourth-order valence-corrected chi connectivity index (χ4v) is 3.51. The van der Waals surface area contributed by atoms with Gasteiger partial charge in [-0.05, 0) is 47.6 Å². The number of nitrogens with one attached hydrogen (secondary N) is 2. The molecular weight excluding hydrogens is 372 g/mol. The average molecular weight is 395 g/mol. The minimum atomic E-state index is -0.845. The molecule has 146 valence electrons. The third-order valence-corrected chi connectivity index (χ3v) is 4.91. The van der Waals surface area contributed by atoms with Gasteiger partial charge in [-0.3, -0.25) is 14.5 Å². The fourth-order valence-electron chi connectivity index (χ4n) is 2.81. The van der Waals surface area contributed by atoms with Crippen LogP contribution in [0.15, 0.2) is 35.0 Å². The summed E-state index contributed by atoms with van der Waals surface area (Å²) in [7, 11) is 0. The topological polar surface area (TPSA) is 61.4 Å². The molecule has 1 heterocycles. The number of benzene rings is 1. The van der Waals surface area contributed by atoms with Crippen molar-refractivity contribution >= 4 is 23.2 Å². The number of rotatable bonds is 9. The Balaban J connectivity index is 1.89. The van der Waals surface area contributed by atoms with E-state index in [4.69, 9.17) is 0 Å². The smallest absolute Gasteiger partial charge is 0.251 e. The maximum atomic E-state index is 13.2. The number of thiophene rings is 1. The molecule has 0 aliphatic carbocycles. The Morgan fingerprint density at radius 3 is 2.33 bits per heavy atom. The Morgan fingerprint density at radius 1 is 1.11 bits per heavy atom. The van der Waals surface area contributed by atoms with Gasteiger partial charge in [-0.15, -0.1) is 0 Å². The minimum absolute atomic E-state index is 0.0446. The Kier molecular flexibility index (Phi) is 7.87. The largest absolute Gasteiger partial charge is 0.353 e. The van der Waals surface area contributed by atoms with E-state index in [-0.39, 0.29) is 24.1 Å². The first-order chi connectivity index (χ1) is 12.9. The van der Waals surface area contributed by atoms with Gasteiger partial charge in [0.15, 0.2) is 0 Å². The molecule has 1 aromatic carbocycles. The maximum Gasteiger partial charge on any atom is 0.251 e. The lowest BCUT2D eigenvalue weighted by molar-refractivity contribution is -0.120. The van der Waals surface area contributed by atoms with Gasteiger partial charge in [0.2, 0.25) is 5.91 Å². The second-order valence-electron chi connectivity index (χ2n) is 5.94. The molecule has 0 saturated carbocycles. The third-order valence-electron chi connectivity index (χ3n) is 4.21. The summed E-state index contributed by atoms with van der Waals surface area (Å²) in [5.74, 6) is -2.76. The van der Waals surface area contributed by atoms with Crippen LogP contribution < -0.4 is 10.6 Å². The molecular formula is C19H23F2N3O2S. The molecule has 1 aromatic heterocycles. The van der Waals surface area contributed by atoms with Crippen LogP contribution in [-0.4, -0.2) is 42.9 Å². The van der Waals surface area contributed by atoms with Crippen molar-refractivity contribution in [2.45, 2.75) is 19.9 Å². The summed E-state index contributed by atoms with van der Waals surface area (Å²) in [6.07, 6.45) is 0. The number of carbonyl (C=O) groups is 2. The molecule has 2 rings (SSSR count). The van der Waals surface area contributed by atoms with Gasteiger partial charge in [0.25, 0.3) is 5.91 Å². The van der Waals surface area contributed by atoms with Crippen LogP contribution in [0.1, 0.15) is 35.8 Å². The molecule has 2 N–H and O–H groups in total. The third kappa shape index (κ3) is 6.11. The summed E-state index contributed by atoms with van der Waals surface area (Å²) in [5.41, 5.74) is 0.961. The summed E-state index contributed by atoms with van der Waals surface area (Å²) < 4.78 is 26.3. The number of likely N-dealkylation sites (N-methyl/N-ethyl adjacent to an activating group) is 1. The SMILES string of the molecule is CCN(CC)C(CNC(=O)CNC(=O)c1cc(F)cc(F)c1)c1ccsc1. The number of hydrogen-bond donors (Lipinski definition) is 2. The summed E-state index contributed by atoms with van der Waals surface area (Å²) >= 11 is 1.60. The van der Waals surface area contributed by atoms with Crippen LogP contribution in [0.4, 0.5) is 8.78 Å². The molecule has 1 unspecified atom stereocenters. The monoisotopic (exact) mass is 395 g/mol. The molecule has 8 heteroatoms. The lowest BCUT2D eigenvalue weighted by Crippen LogP contribution is -2.42. The highest BCUT2D eigenvalue weighted by molar-refractivity contribution is 7.07. The first-order valence-electron chi connectivity index (χ1n) is 8.71. The van der Waals surface area contributed by atoms with Gasteiger partial charge in [-0.2, -0.15) is 11.3 Å². The molecule has 0 bridgehead atoms. The van der Waals surface area contributed by atoms with Crippen molar-refractivity contribution in [3.8, 4) is 0 Å². The van der Waals surface area contributed by atoms with Crippen molar-refractivity contribution in [3.05, 3.63) is 57.8 Å². The predicted molar refractivity (Wildman–Crippen MR) is 102 cm³/mol. The zero-order chi connectivity index (χ0) is 19.8. The quantitative estimate of drug-likeness (QED) is 0.686. The number of nitrogens with zero attached hydrogens (tertiary/aromatic N) is 1. The van der Waals surface area contributed by atoms with Crippen molar-refractivity contribution in [3.63, 3.8) is 0 Å². The molecule has 0 radical (unpaired) electrons. The Morgan fingerprint density at radius 2 is 1.78 bits per heavy atom. The van der Waals surface area contributed by atoms with Crippen LogP contribution in [0.25, 0.3) is 0 Å². The molecule has 0 saturated heterocycles. The van der Waals surface area contributed by atoms with Gasteiger partial charge >= 0.3 is 0 Å². The first-order valence-corrected chi connectivity index (χ1v) is 9.66. The van der Waals surface area contributed by atoms with Crippen LogP contribution in [-0.2, 0) is 4.79 Å². The van der Waals surface area contributed by atoms with Crippen LogP contribution in [0.3, 0.4) is 0 Å². The van der Waals surface area contributed by atoms with E-state index < -0.39 is 17.5 Å². The molecule has 0 spiro atoms. The highest BCUT2D eigenvalue weighted by Gasteiger charge is 2.19. The van der Waals surface area contributed by atoms with E-state index in [1.54, 1.807) is 11.3 Å². The number of halogens is 2. The van der Waals surface area contributed by atoms with Gasteiger partial charge in [0.05, 0.1) is 12.6 Å². The minimum Gasteiger partial charge on any atom is -0.353 e. The van der Waals surface area contributed by atoms with E-state index in [9.17, 15) is 18.4 Å².